The first-order valence-corrected chi connectivity index (χ1v) is 6.09. The third kappa shape index (κ3) is 2.46. The first kappa shape index (κ1) is 12.8. The van der Waals surface area contributed by atoms with Crippen molar-refractivity contribution >= 4 is 11.8 Å². The van der Waals surface area contributed by atoms with Crippen LogP contribution in [0.25, 0.3) is 0 Å². The van der Waals surface area contributed by atoms with E-state index in [1.54, 1.807) is 12.3 Å². The summed E-state index contributed by atoms with van der Waals surface area (Å²) in [4.78, 5) is 19.6. The lowest BCUT2D eigenvalue weighted by Crippen LogP contribution is -2.34. The van der Waals surface area contributed by atoms with Crippen LogP contribution in [0.2, 0.25) is 0 Å². The van der Waals surface area contributed by atoms with Crippen molar-refractivity contribution in [2.24, 2.45) is 5.92 Å². The van der Waals surface area contributed by atoms with Gasteiger partial charge in [-0.3, -0.25) is 0 Å². The van der Waals surface area contributed by atoms with E-state index in [1.165, 1.54) is 6.07 Å². The van der Waals surface area contributed by atoms with Crippen LogP contribution >= 0.6 is 0 Å². The highest BCUT2D eigenvalue weighted by atomic mass is 16.4. The highest BCUT2D eigenvalue weighted by molar-refractivity contribution is 5.88. The van der Waals surface area contributed by atoms with Gasteiger partial charge >= 0.3 is 5.97 Å². The molecule has 1 aromatic rings. The second-order valence-electron chi connectivity index (χ2n) is 5.12. The van der Waals surface area contributed by atoms with Gasteiger partial charge in [0.05, 0.1) is 5.56 Å². The van der Waals surface area contributed by atoms with Gasteiger partial charge in [0.15, 0.2) is 0 Å². The third-order valence-electron chi connectivity index (χ3n) is 3.55. The Morgan fingerprint density at radius 2 is 2.22 bits per heavy atom. The Bertz CT molecular complexity index is 448. The summed E-state index contributed by atoms with van der Waals surface area (Å²) in [6.07, 6.45) is 1.56. The Labute approximate surface area is 107 Å². The molecule has 5 heteroatoms. The van der Waals surface area contributed by atoms with E-state index in [0.29, 0.717) is 17.5 Å². The van der Waals surface area contributed by atoms with Gasteiger partial charge in [-0.15, -0.1) is 0 Å². The van der Waals surface area contributed by atoms with Gasteiger partial charge in [0.25, 0.3) is 0 Å². The van der Waals surface area contributed by atoms with Crippen LogP contribution in [0.1, 0.15) is 17.3 Å². The maximum atomic E-state index is 11.0. The quantitative estimate of drug-likeness (QED) is 0.871. The predicted molar refractivity (Wildman–Crippen MR) is 70.0 cm³/mol. The third-order valence-corrected chi connectivity index (χ3v) is 3.55. The summed E-state index contributed by atoms with van der Waals surface area (Å²) in [5, 5.41) is 8.99. The summed E-state index contributed by atoms with van der Waals surface area (Å²) in [5.41, 5.74) is 0.293. The van der Waals surface area contributed by atoms with Crippen LogP contribution < -0.4 is 4.90 Å². The van der Waals surface area contributed by atoms with Crippen molar-refractivity contribution in [2.75, 3.05) is 32.1 Å². The zero-order valence-corrected chi connectivity index (χ0v) is 11.0. The molecule has 1 N–H and O–H groups in total. The average molecular weight is 249 g/mol. The van der Waals surface area contributed by atoms with Crippen molar-refractivity contribution in [2.45, 2.75) is 13.0 Å². The molecule has 2 unspecified atom stereocenters. The van der Waals surface area contributed by atoms with Crippen LogP contribution in [0, 0.1) is 5.92 Å². The predicted octanol–water partition coefficient (Wildman–Crippen LogP) is 1.17. The number of carbonyl (C=O) groups is 1. The molecular formula is C13H19N3O2. The van der Waals surface area contributed by atoms with E-state index in [1.807, 2.05) is 0 Å². The second kappa shape index (κ2) is 4.94. The summed E-state index contributed by atoms with van der Waals surface area (Å²) in [6, 6.07) is 3.65. The van der Waals surface area contributed by atoms with Crippen molar-refractivity contribution in [3.05, 3.63) is 23.9 Å². The van der Waals surface area contributed by atoms with Crippen molar-refractivity contribution in [3.8, 4) is 0 Å². The molecule has 98 valence electrons. The minimum absolute atomic E-state index is 0.293. The monoisotopic (exact) mass is 249 g/mol. The van der Waals surface area contributed by atoms with E-state index in [4.69, 9.17) is 5.11 Å². The molecule has 1 aliphatic heterocycles. The SMILES string of the molecule is CC1CN(c2cc(C(=O)O)ccn2)CC1N(C)C. The van der Waals surface area contributed by atoms with Crippen molar-refractivity contribution in [3.63, 3.8) is 0 Å². The topological polar surface area (TPSA) is 56.7 Å². The number of carboxylic acids is 1. The van der Waals surface area contributed by atoms with Crippen LogP contribution in [0.4, 0.5) is 5.82 Å². The molecular weight excluding hydrogens is 230 g/mol. The smallest absolute Gasteiger partial charge is 0.335 e. The molecule has 2 rings (SSSR count). The Morgan fingerprint density at radius 3 is 2.78 bits per heavy atom. The Morgan fingerprint density at radius 1 is 1.50 bits per heavy atom. The first-order valence-electron chi connectivity index (χ1n) is 6.09. The number of likely N-dealkylation sites (N-methyl/N-ethyl adjacent to an activating group) is 1. The number of carboxylic acid groups (broad SMARTS) is 1. The number of hydrogen-bond donors (Lipinski definition) is 1. The molecule has 1 aromatic heterocycles. The lowest BCUT2D eigenvalue weighted by atomic mass is 10.1. The molecule has 2 atom stereocenters. The average Bonchev–Trinajstić information content (AvgIpc) is 2.71. The summed E-state index contributed by atoms with van der Waals surface area (Å²) in [6.45, 7) is 4.02. The Kier molecular flexibility index (Phi) is 3.52. The number of hydrogen-bond acceptors (Lipinski definition) is 4. The van der Waals surface area contributed by atoms with Gasteiger partial charge in [0.2, 0.25) is 0 Å². The minimum atomic E-state index is -0.907. The molecule has 0 spiro atoms. The molecule has 5 nitrogen and oxygen atoms in total. The minimum Gasteiger partial charge on any atom is -0.478 e. The molecule has 2 heterocycles. The molecule has 0 radical (unpaired) electrons. The fraction of sp³-hybridized carbons (Fsp3) is 0.538. The summed E-state index contributed by atoms with van der Waals surface area (Å²) in [5.74, 6) is 0.399. The maximum absolute atomic E-state index is 11.0. The molecule has 0 aliphatic carbocycles. The summed E-state index contributed by atoms with van der Waals surface area (Å²) < 4.78 is 0. The van der Waals surface area contributed by atoms with E-state index in [0.717, 1.165) is 18.9 Å². The molecule has 1 fully saturated rings. The molecule has 0 amide bonds. The number of nitrogens with zero attached hydrogens (tertiary/aromatic N) is 3. The molecule has 18 heavy (non-hydrogen) atoms. The van der Waals surface area contributed by atoms with Crippen LogP contribution in [-0.2, 0) is 0 Å². The maximum Gasteiger partial charge on any atom is 0.335 e. The van der Waals surface area contributed by atoms with Crippen molar-refractivity contribution in [1.82, 2.24) is 9.88 Å². The number of pyridine rings is 1. The largest absolute Gasteiger partial charge is 0.478 e. The van der Waals surface area contributed by atoms with Crippen LogP contribution in [0.15, 0.2) is 18.3 Å². The zero-order chi connectivity index (χ0) is 13.3. The van der Waals surface area contributed by atoms with Crippen LogP contribution in [0.5, 0.6) is 0 Å². The van der Waals surface area contributed by atoms with Gasteiger partial charge in [-0.2, -0.15) is 0 Å². The lowest BCUT2D eigenvalue weighted by molar-refractivity contribution is 0.0697. The van der Waals surface area contributed by atoms with Gasteiger partial charge in [-0.1, -0.05) is 6.92 Å². The Balaban J connectivity index is 2.18. The first-order chi connectivity index (χ1) is 8.49. The van der Waals surface area contributed by atoms with Gasteiger partial charge in [-0.25, -0.2) is 9.78 Å². The number of aromatic nitrogens is 1. The van der Waals surface area contributed by atoms with Gasteiger partial charge in [0, 0.05) is 25.3 Å². The van der Waals surface area contributed by atoms with Crippen LogP contribution in [-0.4, -0.2) is 54.2 Å². The molecule has 1 saturated heterocycles. The normalized spacial score (nSPS) is 23.7. The highest BCUT2D eigenvalue weighted by Crippen LogP contribution is 2.25. The van der Waals surface area contributed by atoms with Gasteiger partial charge in [-0.05, 0) is 32.1 Å². The molecule has 0 saturated carbocycles. The number of aromatic carboxylic acids is 1. The summed E-state index contributed by atoms with van der Waals surface area (Å²) in [7, 11) is 4.15. The molecule has 1 aliphatic rings. The Hall–Kier alpha value is -1.62. The van der Waals surface area contributed by atoms with E-state index < -0.39 is 5.97 Å². The van der Waals surface area contributed by atoms with Gasteiger partial charge in [0.1, 0.15) is 5.82 Å². The number of anilines is 1. The van der Waals surface area contributed by atoms with E-state index >= 15 is 0 Å². The van der Waals surface area contributed by atoms with Crippen molar-refractivity contribution in [1.29, 1.82) is 0 Å². The highest BCUT2D eigenvalue weighted by Gasteiger charge is 2.31. The van der Waals surface area contributed by atoms with Crippen LogP contribution in [0.3, 0.4) is 0 Å². The van der Waals surface area contributed by atoms with Gasteiger partial charge < -0.3 is 14.9 Å². The van der Waals surface area contributed by atoms with E-state index in [2.05, 4.69) is 35.8 Å². The van der Waals surface area contributed by atoms with E-state index in [9.17, 15) is 4.79 Å². The molecule has 0 aromatic carbocycles. The summed E-state index contributed by atoms with van der Waals surface area (Å²) >= 11 is 0. The lowest BCUT2D eigenvalue weighted by Gasteiger charge is -2.22. The fourth-order valence-electron chi connectivity index (χ4n) is 2.53. The fourth-order valence-corrected chi connectivity index (χ4v) is 2.53. The standard InChI is InChI=1S/C13H19N3O2/c1-9-7-16(8-11(9)15(2)3)12-6-10(13(17)18)4-5-14-12/h4-6,9,11H,7-8H2,1-3H3,(H,17,18). The van der Waals surface area contributed by atoms with Crippen molar-refractivity contribution < 1.29 is 9.90 Å². The zero-order valence-electron chi connectivity index (χ0n) is 11.0. The van der Waals surface area contributed by atoms with E-state index in [-0.39, 0.29) is 0 Å². The molecule has 0 bridgehead atoms. The number of rotatable bonds is 3. The second-order valence-corrected chi connectivity index (χ2v) is 5.12.